The van der Waals surface area contributed by atoms with Crippen LogP contribution in [0.15, 0.2) is 47.8 Å². The number of ether oxygens (including phenoxy) is 2. The van der Waals surface area contributed by atoms with Gasteiger partial charge in [-0.25, -0.2) is 9.78 Å². The molecular weight excluding hydrogens is 415 g/mol. The minimum atomic E-state index is -4.46. The first-order valence-electron chi connectivity index (χ1n) is 9.65. The Balaban J connectivity index is 1.84. The molecule has 0 amide bonds. The molecule has 2 rings (SSSR count). The number of alkyl halides is 3. The Kier molecular flexibility index (Phi) is 8.80. The highest BCUT2D eigenvalue weighted by Crippen LogP contribution is 2.30. The van der Waals surface area contributed by atoms with Crippen molar-refractivity contribution in [3.8, 4) is 17.4 Å². The molecule has 31 heavy (non-hydrogen) atoms. The maximum absolute atomic E-state index is 12.6. The Bertz CT molecular complexity index is 852. The topological polar surface area (TPSA) is 73.2 Å². The third-order valence-electron chi connectivity index (χ3n) is 4.21. The quantitative estimate of drug-likeness (QED) is 0.308. The molecule has 0 aliphatic carbocycles. The van der Waals surface area contributed by atoms with E-state index in [2.05, 4.69) is 15.0 Å². The Hall–Kier alpha value is -3.14. The van der Waals surface area contributed by atoms with Crippen LogP contribution in [-0.4, -0.2) is 47.8 Å². The van der Waals surface area contributed by atoms with E-state index in [-0.39, 0.29) is 5.88 Å². The Labute approximate surface area is 178 Å². The lowest BCUT2D eigenvalue weighted by atomic mass is 10.3. The predicted molar refractivity (Wildman–Crippen MR) is 108 cm³/mol. The van der Waals surface area contributed by atoms with Crippen molar-refractivity contribution in [1.82, 2.24) is 9.88 Å². The van der Waals surface area contributed by atoms with Crippen LogP contribution in [0.4, 0.5) is 13.2 Å². The van der Waals surface area contributed by atoms with Crippen molar-refractivity contribution in [2.75, 3.05) is 19.6 Å². The van der Waals surface area contributed by atoms with Crippen LogP contribution in [0.5, 0.6) is 17.4 Å². The monoisotopic (exact) mass is 439 g/mol. The fourth-order valence-corrected chi connectivity index (χ4v) is 2.36. The van der Waals surface area contributed by atoms with E-state index in [1.54, 1.807) is 12.1 Å². The zero-order valence-electron chi connectivity index (χ0n) is 17.4. The van der Waals surface area contributed by atoms with Crippen LogP contribution in [0.25, 0.3) is 0 Å². The van der Waals surface area contributed by atoms with Crippen molar-refractivity contribution >= 4 is 12.2 Å². The third kappa shape index (κ3) is 7.89. The number of carbonyl (C=O) groups excluding carboxylic acids is 1. The second-order valence-corrected chi connectivity index (χ2v) is 6.40. The molecule has 0 saturated carbocycles. The summed E-state index contributed by atoms with van der Waals surface area (Å²) in [7, 11) is 0. The summed E-state index contributed by atoms with van der Waals surface area (Å²) >= 11 is 0. The van der Waals surface area contributed by atoms with Crippen LogP contribution < -0.4 is 9.47 Å². The maximum atomic E-state index is 12.6. The lowest BCUT2D eigenvalue weighted by Gasteiger charge is -2.14. The number of benzene rings is 1. The van der Waals surface area contributed by atoms with Gasteiger partial charge in [-0.2, -0.15) is 13.2 Å². The van der Waals surface area contributed by atoms with Gasteiger partial charge in [0.1, 0.15) is 11.5 Å². The molecule has 0 bridgehead atoms. The normalized spacial score (nSPS) is 12.7. The van der Waals surface area contributed by atoms with E-state index in [1.807, 2.05) is 13.8 Å². The Morgan fingerprint density at radius 1 is 1.13 bits per heavy atom. The molecule has 0 aliphatic heterocycles. The van der Waals surface area contributed by atoms with Gasteiger partial charge in [0.2, 0.25) is 5.88 Å². The van der Waals surface area contributed by atoms with Gasteiger partial charge in [-0.15, -0.1) is 0 Å². The van der Waals surface area contributed by atoms with E-state index in [0.29, 0.717) is 24.2 Å². The molecule has 168 valence electrons. The first-order chi connectivity index (χ1) is 14.7. The van der Waals surface area contributed by atoms with E-state index in [0.717, 1.165) is 25.2 Å². The molecule has 0 aliphatic rings. The van der Waals surface area contributed by atoms with Crippen LogP contribution in [-0.2, 0) is 15.8 Å². The van der Waals surface area contributed by atoms with Gasteiger partial charge in [0.25, 0.3) is 0 Å². The molecule has 0 fully saturated rings. The second kappa shape index (κ2) is 11.3. The maximum Gasteiger partial charge on any atom is 0.417 e. The smallest absolute Gasteiger partial charge is 0.417 e. The van der Waals surface area contributed by atoms with Crippen LogP contribution in [0, 0.1) is 0 Å². The largest absolute Gasteiger partial charge is 0.479 e. The summed E-state index contributed by atoms with van der Waals surface area (Å²) < 4.78 is 48.6. The molecule has 0 spiro atoms. The minimum Gasteiger partial charge on any atom is -0.479 e. The molecule has 10 heteroatoms. The zero-order valence-corrected chi connectivity index (χ0v) is 17.4. The van der Waals surface area contributed by atoms with Crippen LogP contribution in [0.1, 0.15) is 26.3 Å². The molecule has 1 heterocycles. The van der Waals surface area contributed by atoms with Crippen molar-refractivity contribution < 1.29 is 32.3 Å². The number of carbonyl (C=O) groups is 1. The molecule has 0 radical (unpaired) electrons. The van der Waals surface area contributed by atoms with Gasteiger partial charge in [0, 0.05) is 18.8 Å². The molecule has 7 nitrogen and oxygen atoms in total. The SMILES string of the molecule is CCN(CC)C/C=N/OC(=O)C(C)Oc1ccc(Oc2ccc(C(F)(F)F)cn2)cc1. The van der Waals surface area contributed by atoms with Gasteiger partial charge in [-0.3, -0.25) is 4.90 Å². The molecule has 1 aromatic heterocycles. The van der Waals surface area contributed by atoms with Crippen molar-refractivity contribution in [2.45, 2.75) is 33.1 Å². The summed E-state index contributed by atoms with van der Waals surface area (Å²) in [5.74, 6) is 0.0893. The van der Waals surface area contributed by atoms with E-state index >= 15 is 0 Å². The predicted octanol–water partition coefficient (Wildman–Crippen LogP) is 4.53. The fourth-order valence-electron chi connectivity index (χ4n) is 2.36. The third-order valence-corrected chi connectivity index (χ3v) is 4.21. The zero-order chi connectivity index (χ0) is 22.9. The highest BCUT2D eigenvalue weighted by molar-refractivity contribution is 5.75. The standard InChI is InChI=1S/C21H24F3N3O4/c1-4-27(5-2)13-12-26-31-20(28)15(3)29-17-7-9-18(10-8-17)30-19-11-6-16(14-25-19)21(22,23)24/h6-12,14-15H,4-5,13H2,1-3H3/b26-12+. The van der Waals surface area contributed by atoms with Crippen molar-refractivity contribution in [3.63, 3.8) is 0 Å². The second-order valence-electron chi connectivity index (χ2n) is 6.40. The number of rotatable bonds is 10. The van der Waals surface area contributed by atoms with Gasteiger partial charge < -0.3 is 14.3 Å². The summed E-state index contributed by atoms with van der Waals surface area (Å²) in [4.78, 5) is 22.5. The van der Waals surface area contributed by atoms with Gasteiger partial charge >= 0.3 is 12.1 Å². The lowest BCUT2D eigenvalue weighted by molar-refractivity contribution is -0.151. The first-order valence-corrected chi connectivity index (χ1v) is 9.65. The Morgan fingerprint density at radius 2 is 1.77 bits per heavy atom. The van der Waals surface area contributed by atoms with Gasteiger partial charge in [0.15, 0.2) is 6.10 Å². The molecule has 0 saturated heterocycles. The summed E-state index contributed by atoms with van der Waals surface area (Å²) in [5.41, 5.74) is -0.859. The van der Waals surface area contributed by atoms with Crippen molar-refractivity contribution in [1.29, 1.82) is 0 Å². The molecule has 1 atom stereocenters. The van der Waals surface area contributed by atoms with Gasteiger partial charge in [-0.1, -0.05) is 19.0 Å². The van der Waals surface area contributed by atoms with E-state index in [9.17, 15) is 18.0 Å². The Morgan fingerprint density at radius 3 is 2.32 bits per heavy atom. The average molecular weight is 439 g/mol. The van der Waals surface area contributed by atoms with Crippen molar-refractivity contribution in [3.05, 3.63) is 48.2 Å². The molecular formula is C21H24F3N3O4. The van der Waals surface area contributed by atoms with E-state index in [4.69, 9.17) is 14.3 Å². The number of hydrogen-bond acceptors (Lipinski definition) is 7. The number of halogens is 3. The van der Waals surface area contributed by atoms with Crippen LogP contribution in [0.3, 0.4) is 0 Å². The van der Waals surface area contributed by atoms with Crippen LogP contribution in [0.2, 0.25) is 0 Å². The highest BCUT2D eigenvalue weighted by Gasteiger charge is 2.30. The number of oxime groups is 1. The van der Waals surface area contributed by atoms with Crippen LogP contribution >= 0.6 is 0 Å². The molecule has 1 unspecified atom stereocenters. The molecule has 2 aromatic rings. The minimum absolute atomic E-state index is 0.0150. The summed E-state index contributed by atoms with van der Waals surface area (Å²) in [6, 6.07) is 8.19. The highest BCUT2D eigenvalue weighted by atomic mass is 19.4. The number of nitrogens with zero attached hydrogens (tertiary/aromatic N) is 3. The van der Waals surface area contributed by atoms with Crippen molar-refractivity contribution in [2.24, 2.45) is 5.16 Å². The number of aromatic nitrogens is 1. The summed E-state index contributed by atoms with van der Waals surface area (Å²) in [6.07, 6.45) is -3.14. The fraction of sp³-hybridized carbons (Fsp3) is 0.381. The number of hydrogen-bond donors (Lipinski definition) is 0. The van der Waals surface area contributed by atoms with E-state index < -0.39 is 23.8 Å². The molecule has 0 N–H and O–H groups in total. The van der Waals surface area contributed by atoms with Gasteiger partial charge in [-0.05, 0) is 50.3 Å². The first kappa shape index (κ1) is 24.1. The summed E-state index contributed by atoms with van der Waals surface area (Å²) in [6.45, 7) is 7.88. The number of pyridine rings is 1. The van der Waals surface area contributed by atoms with E-state index in [1.165, 1.54) is 25.3 Å². The molecule has 1 aromatic carbocycles. The lowest BCUT2D eigenvalue weighted by Crippen LogP contribution is -2.26. The van der Waals surface area contributed by atoms with Gasteiger partial charge in [0.05, 0.1) is 11.8 Å². The summed E-state index contributed by atoms with van der Waals surface area (Å²) in [5, 5.41) is 3.66. The average Bonchev–Trinajstić information content (AvgIpc) is 2.75.